The Hall–Kier alpha value is -1.87. The lowest BCUT2D eigenvalue weighted by molar-refractivity contribution is 0.0855. The highest BCUT2D eigenvalue weighted by molar-refractivity contribution is 5.99. The Kier molecular flexibility index (Phi) is 4.17. The smallest absolute Gasteiger partial charge is 0.179 e. The van der Waals surface area contributed by atoms with Crippen molar-refractivity contribution in [2.75, 3.05) is 7.05 Å². The zero-order chi connectivity index (χ0) is 13.8. The zero-order valence-electron chi connectivity index (χ0n) is 11.6. The van der Waals surface area contributed by atoms with Crippen LogP contribution in [-0.2, 0) is 6.54 Å². The van der Waals surface area contributed by atoms with Crippen LogP contribution in [0.4, 0.5) is 0 Å². The van der Waals surface area contributed by atoms with E-state index in [0.717, 1.165) is 17.1 Å². The first-order chi connectivity index (χ1) is 9.08. The van der Waals surface area contributed by atoms with Gasteiger partial charge in [0.25, 0.3) is 0 Å². The summed E-state index contributed by atoms with van der Waals surface area (Å²) in [5.74, 6) is 1.91. The number of carbonyl (C=O) groups is 1. The van der Waals surface area contributed by atoms with Crippen LogP contribution in [0.3, 0.4) is 0 Å². The molecular formula is C16H19NO2. The summed E-state index contributed by atoms with van der Waals surface area (Å²) in [4.78, 5) is 14.3. The van der Waals surface area contributed by atoms with E-state index < -0.39 is 0 Å². The number of Topliss-reactive ketones (excluding diaryl/α,β-unsaturated/α-hetero) is 1. The highest BCUT2D eigenvalue weighted by atomic mass is 16.3. The number of rotatable bonds is 5. The van der Waals surface area contributed by atoms with Crippen molar-refractivity contribution in [1.29, 1.82) is 0 Å². The third-order valence-electron chi connectivity index (χ3n) is 3.30. The first kappa shape index (κ1) is 13.6. The van der Waals surface area contributed by atoms with Crippen molar-refractivity contribution in [1.82, 2.24) is 4.90 Å². The first-order valence-corrected chi connectivity index (χ1v) is 6.42. The molecule has 0 aliphatic heterocycles. The van der Waals surface area contributed by atoms with E-state index in [1.165, 1.54) is 0 Å². The van der Waals surface area contributed by atoms with Crippen LogP contribution in [0.15, 0.2) is 46.9 Å². The number of hydrogen-bond donors (Lipinski definition) is 0. The van der Waals surface area contributed by atoms with E-state index in [1.807, 2.05) is 68.3 Å². The molecule has 3 heteroatoms. The van der Waals surface area contributed by atoms with Gasteiger partial charge in [0.2, 0.25) is 0 Å². The number of nitrogens with zero attached hydrogens (tertiary/aromatic N) is 1. The summed E-state index contributed by atoms with van der Waals surface area (Å²) in [5, 5.41) is 0. The number of ketones is 1. The lowest BCUT2D eigenvalue weighted by atomic mass is 10.0. The number of furan rings is 1. The van der Waals surface area contributed by atoms with Crippen LogP contribution in [-0.4, -0.2) is 23.8 Å². The van der Waals surface area contributed by atoms with Crippen LogP contribution in [0.2, 0.25) is 0 Å². The van der Waals surface area contributed by atoms with Crippen LogP contribution in [0.25, 0.3) is 0 Å². The highest BCUT2D eigenvalue weighted by Crippen LogP contribution is 2.13. The molecule has 1 aromatic carbocycles. The Balaban J connectivity index is 2.03. The molecule has 1 heterocycles. The van der Waals surface area contributed by atoms with Crippen molar-refractivity contribution in [3.05, 3.63) is 59.5 Å². The number of likely N-dealkylation sites (N-methyl/N-ethyl adjacent to an activating group) is 1. The van der Waals surface area contributed by atoms with Gasteiger partial charge in [-0.3, -0.25) is 9.69 Å². The van der Waals surface area contributed by atoms with Crippen LogP contribution >= 0.6 is 0 Å². The van der Waals surface area contributed by atoms with Crippen molar-refractivity contribution >= 4 is 5.78 Å². The second-order valence-corrected chi connectivity index (χ2v) is 4.83. The minimum absolute atomic E-state index is 0.131. The summed E-state index contributed by atoms with van der Waals surface area (Å²) in [7, 11) is 1.93. The van der Waals surface area contributed by atoms with Gasteiger partial charge in [0.1, 0.15) is 11.5 Å². The molecule has 2 rings (SSSR count). The van der Waals surface area contributed by atoms with E-state index in [1.54, 1.807) is 0 Å². The van der Waals surface area contributed by atoms with Gasteiger partial charge in [-0.2, -0.15) is 0 Å². The molecule has 2 aromatic rings. The lowest BCUT2D eigenvalue weighted by Gasteiger charge is -2.22. The van der Waals surface area contributed by atoms with E-state index >= 15 is 0 Å². The minimum Gasteiger partial charge on any atom is -0.465 e. The fourth-order valence-electron chi connectivity index (χ4n) is 2.00. The van der Waals surface area contributed by atoms with Crippen LogP contribution in [0.1, 0.15) is 28.8 Å². The molecule has 0 amide bonds. The van der Waals surface area contributed by atoms with E-state index in [2.05, 4.69) is 0 Å². The maximum Gasteiger partial charge on any atom is 0.179 e. The molecule has 0 radical (unpaired) electrons. The van der Waals surface area contributed by atoms with Gasteiger partial charge >= 0.3 is 0 Å². The van der Waals surface area contributed by atoms with Gasteiger partial charge in [0, 0.05) is 5.56 Å². The molecule has 0 N–H and O–H groups in total. The largest absolute Gasteiger partial charge is 0.465 e. The summed E-state index contributed by atoms with van der Waals surface area (Å²) < 4.78 is 5.54. The maximum absolute atomic E-state index is 12.3. The van der Waals surface area contributed by atoms with Gasteiger partial charge in [0.15, 0.2) is 5.78 Å². The summed E-state index contributed by atoms with van der Waals surface area (Å²) >= 11 is 0. The first-order valence-electron chi connectivity index (χ1n) is 6.42. The molecule has 0 aliphatic rings. The molecule has 19 heavy (non-hydrogen) atoms. The molecule has 1 unspecified atom stereocenters. The molecule has 100 valence electrons. The Morgan fingerprint density at radius 1 is 1.21 bits per heavy atom. The molecule has 1 atom stereocenters. The zero-order valence-corrected chi connectivity index (χ0v) is 11.6. The van der Waals surface area contributed by atoms with Crippen molar-refractivity contribution < 1.29 is 9.21 Å². The van der Waals surface area contributed by atoms with Crippen molar-refractivity contribution in [2.45, 2.75) is 26.4 Å². The Labute approximate surface area is 113 Å². The monoisotopic (exact) mass is 257 g/mol. The molecule has 1 aromatic heterocycles. The summed E-state index contributed by atoms with van der Waals surface area (Å²) in [6.07, 6.45) is 0. The number of benzene rings is 1. The van der Waals surface area contributed by atoms with E-state index in [4.69, 9.17) is 4.42 Å². The summed E-state index contributed by atoms with van der Waals surface area (Å²) in [5.41, 5.74) is 0.748. The molecule has 0 fully saturated rings. The van der Waals surface area contributed by atoms with Crippen molar-refractivity contribution in [3.63, 3.8) is 0 Å². The average Bonchev–Trinajstić information content (AvgIpc) is 2.83. The minimum atomic E-state index is -0.173. The normalized spacial score (nSPS) is 12.6. The van der Waals surface area contributed by atoms with Crippen molar-refractivity contribution in [2.24, 2.45) is 0 Å². The van der Waals surface area contributed by atoms with Crippen LogP contribution in [0, 0.1) is 6.92 Å². The summed E-state index contributed by atoms with van der Waals surface area (Å²) in [6.45, 7) is 4.47. The van der Waals surface area contributed by atoms with E-state index in [0.29, 0.717) is 6.54 Å². The Morgan fingerprint density at radius 2 is 1.89 bits per heavy atom. The van der Waals surface area contributed by atoms with Gasteiger partial charge in [-0.1, -0.05) is 30.3 Å². The average molecular weight is 257 g/mol. The predicted molar refractivity (Wildman–Crippen MR) is 75.1 cm³/mol. The quantitative estimate of drug-likeness (QED) is 0.771. The Bertz CT molecular complexity index is 545. The third-order valence-corrected chi connectivity index (χ3v) is 3.30. The second kappa shape index (κ2) is 5.85. The summed E-state index contributed by atoms with van der Waals surface area (Å²) in [6, 6.07) is 13.1. The molecule has 0 bridgehead atoms. The van der Waals surface area contributed by atoms with Crippen molar-refractivity contribution in [3.8, 4) is 0 Å². The molecular weight excluding hydrogens is 238 g/mol. The van der Waals surface area contributed by atoms with Gasteiger partial charge in [-0.25, -0.2) is 0 Å². The fraction of sp³-hybridized carbons (Fsp3) is 0.312. The number of hydrogen-bond acceptors (Lipinski definition) is 3. The standard InChI is InChI=1S/C16H19NO2/c1-12-9-10-15(19-12)11-17(3)13(2)16(18)14-7-5-4-6-8-14/h4-10,13H,11H2,1-3H3. The third kappa shape index (κ3) is 3.32. The van der Waals surface area contributed by atoms with Gasteiger partial charge in [-0.05, 0) is 33.0 Å². The molecule has 0 aliphatic carbocycles. The van der Waals surface area contributed by atoms with Gasteiger partial charge in [0.05, 0.1) is 12.6 Å². The fourth-order valence-corrected chi connectivity index (χ4v) is 2.00. The molecule has 0 saturated carbocycles. The van der Waals surface area contributed by atoms with Crippen LogP contribution < -0.4 is 0 Å². The highest BCUT2D eigenvalue weighted by Gasteiger charge is 2.20. The number of carbonyl (C=O) groups excluding carboxylic acids is 1. The van der Waals surface area contributed by atoms with Crippen LogP contribution in [0.5, 0.6) is 0 Å². The SMILES string of the molecule is Cc1ccc(CN(C)C(C)C(=O)c2ccccc2)o1. The molecule has 0 spiro atoms. The van der Waals surface area contributed by atoms with Gasteiger partial charge in [-0.15, -0.1) is 0 Å². The second-order valence-electron chi connectivity index (χ2n) is 4.83. The molecule has 3 nitrogen and oxygen atoms in total. The van der Waals surface area contributed by atoms with E-state index in [9.17, 15) is 4.79 Å². The lowest BCUT2D eigenvalue weighted by Crippen LogP contribution is -2.35. The predicted octanol–water partition coefficient (Wildman–Crippen LogP) is 3.29. The molecule has 0 saturated heterocycles. The topological polar surface area (TPSA) is 33.5 Å². The van der Waals surface area contributed by atoms with Gasteiger partial charge < -0.3 is 4.42 Å². The number of aryl methyl sites for hydroxylation is 1. The Morgan fingerprint density at radius 3 is 2.47 bits per heavy atom. The maximum atomic E-state index is 12.3. The van der Waals surface area contributed by atoms with E-state index in [-0.39, 0.29) is 11.8 Å².